The number of carbonyl (C=O) groups is 2. The number of nitrogens with one attached hydrogen (secondary N) is 1. The maximum absolute atomic E-state index is 13.3. The van der Waals surface area contributed by atoms with Crippen LogP contribution in [0.3, 0.4) is 0 Å². The molecule has 0 spiro atoms. The molecule has 0 radical (unpaired) electrons. The van der Waals surface area contributed by atoms with E-state index < -0.39 is 35.3 Å². The maximum atomic E-state index is 13.3. The van der Waals surface area contributed by atoms with Crippen molar-refractivity contribution in [1.29, 1.82) is 0 Å². The Morgan fingerprint density at radius 1 is 1.17 bits per heavy atom. The molecular formula is C16H19F2NO4. The first-order valence-corrected chi connectivity index (χ1v) is 6.76. The van der Waals surface area contributed by atoms with E-state index in [0.29, 0.717) is 6.07 Å². The van der Waals surface area contributed by atoms with Gasteiger partial charge in [0.2, 0.25) is 0 Å². The molecular weight excluding hydrogens is 308 g/mol. The molecule has 0 aromatic heterocycles. The molecule has 23 heavy (non-hydrogen) atoms. The summed E-state index contributed by atoms with van der Waals surface area (Å²) in [6.07, 6.45) is -0.883. The standard InChI is InChI=1S/C16H19F2NO4/c1-9(10-6-11(17)8-12(18)7-10)13(14(20)22-5)19-15(21)23-16(2,3)4/h6-8,13H,1H2,2-5H3,(H,19,21)/t13-/m0/s1. The molecule has 0 aliphatic carbocycles. The Kier molecular flexibility index (Phi) is 5.84. The van der Waals surface area contributed by atoms with Crippen molar-refractivity contribution in [3.05, 3.63) is 42.0 Å². The molecule has 0 aliphatic rings. The van der Waals surface area contributed by atoms with Gasteiger partial charge in [0, 0.05) is 6.07 Å². The lowest BCUT2D eigenvalue weighted by molar-refractivity contribution is -0.141. The third kappa shape index (κ3) is 5.69. The van der Waals surface area contributed by atoms with Gasteiger partial charge >= 0.3 is 12.1 Å². The zero-order chi connectivity index (χ0) is 17.8. The summed E-state index contributed by atoms with van der Waals surface area (Å²) in [5, 5.41) is 2.28. The number of hydrogen-bond acceptors (Lipinski definition) is 4. The lowest BCUT2D eigenvalue weighted by atomic mass is 10.00. The maximum Gasteiger partial charge on any atom is 0.408 e. The van der Waals surface area contributed by atoms with Crippen molar-refractivity contribution in [1.82, 2.24) is 5.32 Å². The lowest BCUT2D eigenvalue weighted by Gasteiger charge is -2.23. The number of benzene rings is 1. The van der Waals surface area contributed by atoms with Gasteiger partial charge in [0.1, 0.15) is 17.2 Å². The lowest BCUT2D eigenvalue weighted by Crippen LogP contribution is -2.44. The number of esters is 1. The molecule has 126 valence electrons. The van der Waals surface area contributed by atoms with Crippen molar-refractivity contribution >= 4 is 17.6 Å². The number of ether oxygens (including phenoxy) is 2. The van der Waals surface area contributed by atoms with E-state index >= 15 is 0 Å². The van der Waals surface area contributed by atoms with Crippen molar-refractivity contribution < 1.29 is 27.8 Å². The fourth-order valence-corrected chi connectivity index (χ4v) is 1.74. The van der Waals surface area contributed by atoms with Gasteiger partial charge in [0.25, 0.3) is 0 Å². The molecule has 0 unspecified atom stereocenters. The van der Waals surface area contributed by atoms with Crippen LogP contribution in [0.2, 0.25) is 0 Å². The minimum absolute atomic E-state index is 0.0222. The van der Waals surface area contributed by atoms with E-state index in [4.69, 9.17) is 4.74 Å². The summed E-state index contributed by atoms with van der Waals surface area (Å²) in [5.74, 6) is -2.51. The Bertz CT molecular complexity index is 603. The van der Waals surface area contributed by atoms with E-state index in [-0.39, 0.29) is 11.1 Å². The van der Waals surface area contributed by atoms with E-state index in [1.807, 2.05) is 0 Å². The number of halogens is 2. The summed E-state index contributed by atoms with van der Waals surface area (Å²) in [4.78, 5) is 23.7. The molecule has 0 bridgehead atoms. The predicted octanol–water partition coefficient (Wildman–Crippen LogP) is 3.04. The summed E-state index contributed by atoms with van der Waals surface area (Å²) in [7, 11) is 1.12. The molecule has 1 rings (SSSR count). The predicted molar refractivity (Wildman–Crippen MR) is 80.6 cm³/mol. The molecule has 0 aliphatic heterocycles. The van der Waals surface area contributed by atoms with Gasteiger partial charge in [-0.1, -0.05) is 6.58 Å². The highest BCUT2D eigenvalue weighted by atomic mass is 19.1. The normalized spacial score (nSPS) is 12.3. The number of alkyl carbamates (subject to hydrolysis) is 1. The Morgan fingerprint density at radius 3 is 2.13 bits per heavy atom. The highest BCUT2D eigenvalue weighted by molar-refractivity contribution is 5.94. The molecule has 1 atom stereocenters. The van der Waals surface area contributed by atoms with Crippen LogP contribution in [-0.4, -0.2) is 30.8 Å². The van der Waals surface area contributed by atoms with Crippen molar-refractivity contribution in [2.75, 3.05) is 7.11 Å². The fourth-order valence-electron chi connectivity index (χ4n) is 1.74. The second kappa shape index (κ2) is 7.21. The summed E-state index contributed by atoms with van der Waals surface area (Å²) in [5.41, 5.74) is -0.785. The molecule has 5 nitrogen and oxygen atoms in total. The van der Waals surface area contributed by atoms with E-state index in [1.165, 1.54) is 0 Å². The molecule has 0 saturated heterocycles. The van der Waals surface area contributed by atoms with Crippen LogP contribution in [0.15, 0.2) is 24.8 Å². The van der Waals surface area contributed by atoms with Gasteiger partial charge in [-0.15, -0.1) is 0 Å². The van der Waals surface area contributed by atoms with E-state index in [9.17, 15) is 18.4 Å². The van der Waals surface area contributed by atoms with Crippen molar-refractivity contribution in [2.45, 2.75) is 32.4 Å². The van der Waals surface area contributed by atoms with Crippen LogP contribution in [0.25, 0.3) is 5.57 Å². The average molecular weight is 327 g/mol. The van der Waals surface area contributed by atoms with E-state index in [0.717, 1.165) is 19.2 Å². The summed E-state index contributed by atoms with van der Waals surface area (Å²) in [6.45, 7) is 8.57. The summed E-state index contributed by atoms with van der Waals surface area (Å²) in [6, 6.07) is 1.35. The Hall–Kier alpha value is -2.44. The first-order chi connectivity index (χ1) is 10.5. The largest absolute Gasteiger partial charge is 0.467 e. The summed E-state index contributed by atoms with van der Waals surface area (Å²) < 4.78 is 36.3. The Labute approximate surface area is 133 Å². The van der Waals surface area contributed by atoms with Gasteiger partial charge in [-0.3, -0.25) is 0 Å². The molecule has 0 heterocycles. The number of amides is 1. The molecule has 0 fully saturated rings. The van der Waals surface area contributed by atoms with E-state index in [1.54, 1.807) is 20.8 Å². The second-order valence-electron chi connectivity index (χ2n) is 5.79. The van der Waals surface area contributed by atoms with Crippen LogP contribution in [-0.2, 0) is 14.3 Å². The van der Waals surface area contributed by atoms with Crippen LogP contribution in [0.5, 0.6) is 0 Å². The highest BCUT2D eigenvalue weighted by Gasteiger charge is 2.28. The highest BCUT2D eigenvalue weighted by Crippen LogP contribution is 2.20. The first-order valence-electron chi connectivity index (χ1n) is 6.76. The second-order valence-corrected chi connectivity index (χ2v) is 5.79. The minimum Gasteiger partial charge on any atom is -0.467 e. The van der Waals surface area contributed by atoms with Crippen LogP contribution in [0, 0.1) is 11.6 Å². The smallest absolute Gasteiger partial charge is 0.408 e. The topological polar surface area (TPSA) is 64.6 Å². The number of carbonyl (C=O) groups excluding carboxylic acids is 2. The van der Waals surface area contributed by atoms with Gasteiger partial charge in [-0.05, 0) is 44.0 Å². The molecule has 1 amide bonds. The number of methoxy groups -OCH3 is 1. The zero-order valence-electron chi connectivity index (χ0n) is 13.4. The van der Waals surface area contributed by atoms with Gasteiger partial charge in [-0.2, -0.15) is 0 Å². The monoisotopic (exact) mass is 327 g/mol. The first kappa shape index (κ1) is 18.6. The molecule has 7 heteroatoms. The van der Waals surface area contributed by atoms with Crippen LogP contribution >= 0.6 is 0 Å². The molecule has 1 N–H and O–H groups in total. The van der Waals surface area contributed by atoms with Crippen molar-refractivity contribution in [2.24, 2.45) is 0 Å². The van der Waals surface area contributed by atoms with Gasteiger partial charge in [0.05, 0.1) is 7.11 Å². The minimum atomic E-state index is -1.34. The number of rotatable bonds is 4. The van der Waals surface area contributed by atoms with Gasteiger partial charge in [-0.25, -0.2) is 18.4 Å². The SMILES string of the molecule is C=C(c1cc(F)cc(F)c1)[C@H](NC(=O)OC(C)(C)C)C(=O)OC. The third-order valence-corrected chi connectivity index (χ3v) is 2.68. The van der Waals surface area contributed by atoms with Gasteiger partial charge in [0.15, 0.2) is 6.04 Å². The van der Waals surface area contributed by atoms with E-state index in [2.05, 4.69) is 16.6 Å². The van der Waals surface area contributed by atoms with Crippen molar-refractivity contribution in [3.8, 4) is 0 Å². The Balaban J connectivity index is 3.04. The zero-order valence-corrected chi connectivity index (χ0v) is 13.4. The van der Waals surface area contributed by atoms with Gasteiger partial charge < -0.3 is 14.8 Å². The summed E-state index contributed by atoms with van der Waals surface area (Å²) >= 11 is 0. The van der Waals surface area contributed by atoms with Crippen molar-refractivity contribution in [3.63, 3.8) is 0 Å². The molecule has 0 saturated carbocycles. The number of hydrogen-bond donors (Lipinski definition) is 1. The van der Waals surface area contributed by atoms with Crippen LogP contribution in [0.1, 0.15) is 26.3 Å². The fraction of sp³-hybridized carbons (Fsp3) is 0.375. The van der Waals surface area contributed by atoms with Crippen LogP contribution < -0.4 is 5.32 Å². The average Bonchev–Trinajstić information content (AvgIpc) is 2.40. The van der Waals surface area contributed by atoms with Crippen LogP contribution in [0.4, 0.5) is 13.6 Å². The third-order valence-electron chi connectivity index (χ3n) is 2.68. The quantitative estimate of drug-likeness (QED) is 0.863. The molecule has 1 aromatic rings. The molecule has 1 aromatic carbocycles. The Morgan fingerprint density at radius 2 is 1.70 bits per heavy atom.